The van der Waals surface area contributed by atoms with Crippen molar-refractivity contribution in [2.75, 3.05) is 0 Å². The number of carbonyl (C=O) groups excluding carboxylic acids is 1. The standard InChI is InChI=1S/C17H23N3OS/c1-11(2)16(18)17-20-14(10-22-17)8-15(21)19-9-13-6-4-12(3)5-7-13/h4-7,10-11,16H,8-9,18H2,1-3H3,(H,19,21). The summed E-state index contributed by atoms with van der Waals surface area (Å²) in [5.74, 6) is 0.324. The van der Waals surface area contributed by atoms with E-state index in [2.05, 4.69) is 24.1 Å². The second-order valence-corrected chi connectivity index (χ2v) is 6.78. The Balaban J connectivity index is 1.85. The molecule has 2 aromatic rings. The summed E-state index contributed by atoms with van der Waals surface area (Å²) >= 11 is 1.53. The number of hydrogen-bond donors (Lipinski definition) is 2. The molecular weight excluding hydrogens is 294 g/mol. The Morgan fingerprint density at radius 3 is 2.64 bits per heavy atom. The highest BCUT2D eigenvalue weighted by atomic mass is 32.1. The molecule has 1 heterocycles. The smallest absolute Gasteiger partial charge is 0.226 e. The van der Waals surface area contributed by atoms with Gasteiger partial charge in [0.1, 0.15) is 5.01 Å². The van der Waals surface area contributed by atoms with E-state index in [9.17, 15) is 4.79 Å². The average molecular weight is 317 g/mol. The highest BCUT2D eigenvalue weighted by Crippen LogP contribution is 2.22. The molecule has 1 atom stereocenters. The van der Waals surface area contributed by atoms with E-state index in [0.717, 1.165) is 16.3 Å². The molecule has 0 fully saturated rings. The zero-order chi connectivity index (χ0) is 16.1. The molecule has 0 aliphatic heterocycles. The Labute approximate surface area is 135 Å². The van der Waals surface area contributed by atoms with Gasteiger partial charge in [-0.1, -0.05) is 43.7 Å². The zero-order valence-corrected chi connectivity index (χ0v) is 14.1. The first-order chi connectivity index (χ1) is 10.5. The molecule has 0 radical (unpaired) electrons. The van der Waals surface area contributed by atoms with Crippen molar-refractivity contribution in [2.45, 2.75) is 39.8 Å². The van der Waals surface area contributed by atoms with Crippen molar-refractivity contribution in [3.63, 3.8) is 0 Å². The van der Waals surface area contributed by atoms with Gasteiger partial charge in [-0.3, -0.25) is 4.79 Å². The number of aromatic nitrogens is 1. The third kappa shape index (κ3) is 4.64. The normalized spacial score (nSPS) is 12.4. The summed E-state index contributed by atoms with van der Waals surface area (Å²) in [5.41, 5.74) is 9.18. The van der Waals surface area contributed by atoms with Gasteiger partial charge in [-0.2, -0.15) is 0 Å². The van der Waals surface area contributed by atoms with Crippen LogP contribution in [0.1, 0.15) is 41.7 Å². The van der Waals surface area contributed by atoms with Crippen molar-refractivity contribution in [1.29, 1.82) is 0 Å². The van der Waals surface area contributed by atoms with Crippen LogP contribution in [0, 0.1) is 12.8 Å². The van der Waals surface area contributed by atoms with Crippen LogP contribution in [-0.2, 0) is 17.8 Å². The fourth-order valence-electron chi connectivity index (χ4n) is 1.98. The summed E-state index contributed by atoms with van der Waals surface area (Å²) in [6.45, 7) is 6.73. The Hall–Kier alpha value is -1.72. The molecule has 5 heteroatoms. The van der Waals surface area contributed by atoms with Crippen molar-refractivity contribution in [2.24, 2.45) is 11.7 Å². The lowest BCUT2D eigenvalue weighted by molar-refractivity contribution is -0.120. The molecule has 1 aromatic carbocycles. The summed E-state index contributed by atoms with van der Waals surface area (Å²) in [7, 11) is 0. The van der Waals surface area contributed by atoms with Crippen LogP contribution >= 0.6 is 11.3 Å². The molecular formula is C17H23N3OS. The van der Waals surface area contributed by atoms with Gasteiger partial charge in [0.2, 0.25) is 5.91 Å². The number of aryl methyl sites for hydroxylation is 1. The van der Waals surface area contributed by atoms with Crippen LogP contribution in [0.5, 0.6) is 0 Å². The first-order valence-electron chi connectivity index (χ1n) is 7.48. The van der Waals surface area contributed by atoms with E-state index in [4.69, 9.17) is 5.73 Å². The highest BCUT2D eigenvalue weighted by molar-refractivity contribution is 7.09. The molecule has 4 nitrogen and oxygen atoms in total. The van der Waals surface area contributed by atoms with Crippen molar-refractivity contribution >= 4 is 17.2 Å². The van der Waals surface area contributed by atoms with E-state index < -0.39 is 0 Å². The molecule has 3 N–H and O–H groups in total. The fraction of sp³-hybridized carbons (Fsp3) is 0.412. The van der Waals surface area contributed by atoms with Gasteiger partial charge in [0, 0.05) is 11.9 Å². The van der Waals surface area contributed by atoms with Gasteiger partial charge in [-0.15, -0.1) is 11.3 Å². The second kappa shape index (κ2) is 7.51. The molecule has 0 spiro atoms. The van der Waals surface area contributed by atoms with E-state index in [0.29, 0.717) is 18.9 Å². The largest absolute Gasteiger partial charge is 0.352 e. The number of amides is 1. The number of rotatable bonds is 6. The molecule has 22 heavy (non-hydrogen) atoms. The summed E-state index contributed by atoms with van der Waals surface area (Å²) in [6, 6.07) is 8.08. The summed E-state index contributed by atoms with van der Waals surface area (Å²) < 4.78 is 0. The monoisotopic (exact) mass is 317 g/mol. The van der Waals surface area contributed by atoms with Crippen LogP contribution in [-0.4, -0.2) is 10.9 Å². The van der Waals surface area contributed by atoms with Crippen LogP contribution in [0.15, 0.2) is 29.6 Å². The van der Waals surface area contributed by atoms with Crippen LogP contribution in [0.4, 0.5) is 0 Å². The SMILES string of the molecule is Cc1ccc(CNC(=O)Cc2csc(C(N)C(C)C)n2)cc1. The van der Waals surface area contributed by atoms with Crippen molar-refractivity contribution in [3.8, 4) is 0 Å². The van der Waals surface area contributed by atoms with Gasteiger partial charge in [0.15, 0.2) is 0 Å². The quantitative estimate of drug-likeness (QED) is 0.860. The van der Waals surface area contributed by atoms with E-state index in [-0.39, 0.29) is 11.9 Å². The average Bonchev–Trinajstić information content (AvgIpc) is 2.94. The Kier molecular flexibility index (Phi) is 5.69. The first-order valence-corrected chi connectivity index (χ1v) is 8.36. The molecule has 118 valence electrons. The number of thiazole rings is 1. The third-order valence-electron chi connectivity index (χ3n) is 3.52. The van der Waals surface area contributed by atoms with Crippen molar-refractivity contribution < 1.29 is 4.79 Å². The fourth-order valence-corrected chi connectivity index (χ4v) is 2.97. The number of carbonyl (C=O) groups is 1. The summed E-state index contributed by atoms with van der Waals surface area (Å²) in [4.78, 5) is 16.5. The third-order valence-corrected chi connectivity index (χ3v) is 4.52. The van der Waals surface area contributed by atoms with Gasteiger partial charge < -0.3 is 11.1 Å². The van der Waals surface area contributed by atoms with Gasteiger partial charge in [-0.05, 0) is 18.4 Å². The Morgan fingerprint density at radius 1 is 1.32 bits per heavy atom. The van der Waals surface area contributed by atoms with Gasteiger partial charge >= 0.3 is 0 Å². The maximum absolute atomic E-state index is 12.0. The molecule has 0 bridgehead atoms. The minimum Gasteiger partial charge on any atom is -0.352 e. The van der Waals surface area contributed by atoms with E-state index in [1.807, 2.05) is 36.6 Å². The molecule has 0 aliphatic carbocycles. The minimum atomic E-state index is -0.0608. The number of benzene rings is 1. The van der Waals surface area contributed by atoms with Gasteiger partial charge in [-0.25, -0.2) is 4.98 Å². The number of nitrogens with one attached hydrogen (secondary N) is 1. The highest BCUT2D eigenvalue weighted by Gasteiger charge is 2.15. The van der Waals surface area contributed by atoms with Crippen LogP contribution in [0.2, 0.25) is 0 Å². The maximum atomic E-state index is 12.0. The number of hydrogen-bond acceptors (Lipinski definition) is 4. The summed E-state index contributed by atoms with van der Waals surface area (Å²) in [5, 5.41) is 5.74. The predicted molar refractivity (Wildman–Crippen MR) is 90.6 cm³/mol. The molecule has 1 aromatic heterocycles. The van der Waals surface area contributed by atoms with Crippen molar-refractivity contribution in [1.82, 2.24) is 10.3 Å². The number of nitrogens with two attached hydrogens (primary N) is 1. The van der Waals surface area contributed by atoms with Crippen LogP contribution < -0.4 is 11.1 Å². The zero-order valence-electron chi connectivity index (χ0n) is 13.3. The maximum Gasteiger partial charge on any atom is 0.226 e. The van der Waals surface area contributed by atoms with Gasteiger partial charge in [0.05, 0.1) is 18.2 Å². The minimum absolute atomic E-state index is 0.0180. The lowest BCUT2D eigenvalue weighted by atomic mass is 10.1. The van der Waals surface area contributed by atoms with Crippen molar-refractivity contribution in [3.05, 3.63) is 51.5 Å². The van der Waals surface area contributed by atoms with E-state index in [1.54, 1.807) is 0 Å². The Bertz CT molecular complexity index is 619. The molecule has 1 amide bonds. The predicted octanol–water partition coefficient (Wildman–Crippen LogP) is 2.97. The van der Waals surface area contributed by atoms with Crippen LogP contribution in [0.25, 0.3) is 0 Å². The van der Waals surface area contributed by atoms with E-state index in [1.165, 1.54) is 16.9 Å². The first kappa shape index (κ1) is 16.6. The molecule has 0 saturated carbocycles. The van der Waals surface area contributed by atoms with Gasteiger partial charge in [0.25, 0.3) is 0 Å². The molecule has 2 rings (SSSR count). The molecule has 1 unspecified atom stereocenters. The topological polar surface area (TPSA) is 68.0 Å². The lowest BCUT2D eigenvalue weighted by Crippen LogP contribution is -2.24. The molecule has 0 saturated heterocycles. The molecule has 0 aliphatic rings. The summed E-state index contributed by atoms with van der Waals surface area (Å²) in [6.07, 6.45) is 0.299. The van der Waals surface area contributed by atoms with Crippen LogP contribution in [0.3, 0.4) is 0 Å². The lowest BCUT2D eigenvalue weighted by Gasteiger charge is -2.11. The van der Waals surface area contributed by atoms with E-state index >= 15 is 0 Å². The number of nitrogens with zero attached hydrogens (tertiary/aromatic N) is 1. The second-order valence-electron chi connectivity index (χ2n) is 5.89. The Morgan fingerprint density at radius 2 is 2.00 bits per heavy atom.